The molecular formula is C7H11BrO5. The van der Waals surface area contributed by atoms with E-state index < -0.39 is 30.6 Å². The van der Waals surface area contributed by atoms with E-state index in [0.29, 0.717) is 5.33 Å². The van der Waals surface area contributed by atoms with Crippen LogP contribution in [0, 0.1) is 0 Å². The molecule has 1 aliphatic heterocycles. The fraction of sp³-hybridized carbons (Fsp3) is 0.857. The van der Waals surface area contributed by atoms with Crippen LogP contribution in [0.25, 0.3) is 0 Å². The number of aliphatic hydroxyl groups is 2. The van der Waals surface area contributed by atoms with E-state index in [-0.39, 0.29) is 0 Å². The molecule has 1 heterocycles. The maximum absolute atomic E-state index is 10.5. The minimum absolute atomic E-state index is 0.378. The van der Waals surface area contributed by atoms with Gasteiger partial charge in [0.05, 0.1) is 0 Å². The SMILES string of the molecule is CC(=O)O[C@H]1O[C@H](CBr)[C@@H](O)[C@H]1O. The molecule has 0 aromatic heterocycles. The summed E-state index contributed by atoms with van der Waals surface area (Å²) in [6.45, 7) is 1.21. The van der Waals surface area contributed by atoms with Crippen LogP contribution in [0.1, 0.15) is 6.92 Å². The highest BCUT2D eigenvalue weighted by Gasteiger charge is 2.43. The highest BCUT2D eigenvalue weighted by Crippen LogP contribution is 2.23. The average Bonchev–Trinajstić information content (AvgIpc) is 2.32. The van der Waals surface area contributed by atoms with Gasteiger partial charge in [0.1, 0.15) is 18.3 Å². The van der Waals surface area contributed by atoms with Crippen LogP contribution in [0.2, 0.25) is 0 Å². The number of carbonyl (C=O) groups is 1. The fourth-order valence-electron chi connectivity index (χ4n) is 1.10. The Morgan fingerprint density at radius 1 is 1.54 bits per heavy atom. The van der Waals surface area contributed by atoms with Crippen molar-refractivity contribution < 1.29 is 24.5 Å². The van der Waals surface area contributed by atoms with Crippen molar-refractivity contribution in [1.29, 1.82) is 0 Å². The normalized spacial score (nSPS) is 39.1. The van der Waals surface area contributed by atoms with E-state index >= 15 is 0 Å². The van der Waals surface area contributed by atoms with Crippen LogP contribution in [0.3, 0.4) is 0 Å². The van der Waals surface area contributed by atoms with Gasteiger partial charge in [-0.1, -0.05) is 15.9 Å². The maximum atomic E-state index is 10.5. The first-order valence-electron chi connectivity index (χ1n) is 3.81. The molecule has 0 spiro atoms. The molecule has 0 unspecified atom stereocenters. The molecule has 0 bridgehead atoms. The summed E-state index contributed by atoms with van der Waals surface area (Å²) >= 11 is 3.10. The van der Waals surface area contributed by atoms with Gasteiger partial charge in [-0.2, -0.15) is 0 Å². The van der Waals surface area contributed by atoms with E-state index in [2.05, 4.69) is 20.7 Å². The van der Waals surface area contributed by atoms with Gasteiger partial charge >= 0.3 is 5.97 Å². The van der Waals surface area contributed by atoms with Gasteiger partial charge in [-0.15, -0.1) is 0 Å². The Morgan fingerprint density at radius 3 is 2.54 bits per heavy atom. The molecule has 4 atom stereocenters. The number of hydrogen-bond acceptors (Lipinski definition) is 5. The summed E-state index contributed by atoms with van der Waals surface area (Å²) in [6, 6.07) is 0. The van der Waals surface area contributed by atoms with Crippen molar-refractivity contribution in [1.82, 2.24) is 0 Å². The summed E-state index contributed by atoms with van der Waals surface area (Å²) in [5.41, 5.74) is 0. The number of hydrogen-bond donors (Lipinski definition) is 2. The predicted molar refractivity (Wildman–Crippen MR) is 46.2 cm³/mol. The zero-order valence-corrected chi connectivity index (χ0v) is 8.60. The van der Waals surface area contributed by atoms with Gasteiger partial charge in [0.25, 0.3) is 0 Å². The van der Waals surface area contributed by atoms with E-state index in [4.69, 9.17) is 4.74 Å². The Balaban J connectivity index is 2.55. The standard InChI is InChI=1S/C7H11BrO5/c1-3(9)12-7-6(11)5(10)4(2-8)13-7/h4-7,10-11H,2H2,1H3/t4-,5-,6-,7+/m1/s1. The van der Waals surface area contributed by atoms with Gasteiger partial charge in [0.15, 0.2) is 0 Å². The van der Waals surface area contributed by atoms with E-state index in [9.17, 15) is 15.0 Å². The first kappa shape index (κ1) is 10.9. The van der Waals surface area contributed by atoms with E-state index in [0.717, 1.165) is 0 Å². The number of rotatable bonds is 2. The second-order valence-corrected chi connectivity index (χ2v) is 3.44. The summed E-state index contributed by atoms with van der Waals surface area (Å²) in [4.78, 5) is 10.5. The lowest BCUT2D eigenvalue weighted by atomic mass is 10.2. The van der Waals surface area contributed by atoms with Gasteiger partial charge in [0, 0.05) is 12.3 Å². The molecule has 1 saturated heterocycles. The number of carbonyl (C=O) groups excluding carboxylic acids is 1. The number of esters is 1. The zero-order chi connectivity index (χ0) is 10.0. The lowest BCUT2D eigenvalue weighted by molar-refractivity contribution is -0.184. The Bertz CT molecular complexity index is 197. The molecule has 0 radical (unpaired) electrons. The second-order valence-electron chi connectivity index (χ2n) is 2.79. The molecule has 1 rings (SSSR count). The molecule has 0 saturated carbocycles. The molecule has 76 valence electrons. The minimum atomic E-state index is -1.17. The molecule has 1 aliphatic rings. The molecule has 0 amide bonds. The van der Waals surface area contributed by atoms with E-state index in [1.54, 1.807) is 0 Å². The Kier molecular flexibility index (Phi) is 3.66. The highest BCUT2D eigenvalue weighted by atomic mass is 79.9. The summed E-state index contributed by atoms with van der Waals surface area (Å²) in [5.74, 6) is -0.550. The molecule has 1 fully saturated rings. The van der Waals surface area contributed by atoms with Crippen molar-refractivity contribution in [2.75, 3.05) is 5.33 Å². The maximum Gasteiger partial charge on any atom is 0.305 e. The van der Waals surface area contributed by atoms with Crippen LogP contribution in [0.15, 0.2) is 0 Å². The number of ether oxygens (including phenoxy) is 2. The molecule has 13 heavy (non-hydrogen) atoms. The largest absolute Gasteiger partial charge is 0.433 e. The molecule has 6 heteroatoms. The van der Waals surface area contributed by atoms with Crippen LogP contribution >= 0.6 is 15.9 Å². The Hall–Kier alpha value is -0.170. The number of halogens is 1. The molecule has 0 aliphatic carbocycles. The van der Waals surface area contributed by atoms with Gasteiger partial charge in [-0.05, 0) is 0 Å². The van der Waals surface area contributed by atoms with Crippen molar-refractivity contribution >= 4 is 21.9 Å². The van der Waals surface area contributed by atoms with Crippen LogP contribution in [-0.2, 0) is 14.3 Å². The quantitative estimate of drug-likeness (QED) is 0.508. The Morgan fingerprint density at radius 2 is 2.15 bits per heavy atom. The first-order valence-corrected chi connectivity index (χ1v) is 4.93. The predicted octanol–water partition coefficient (Wildman–Crippen LogP) is -0.609. The summed E-state index contributed by atoms with van der Waals surface area (Å²) in [5, 5.41) is 19.1. The van der Waals surface area contributed by atoms with Crippen molar-refractivity contribution in [2.24, 2.45) is 0 Å². The van der Waals surface area contributed by atoms with Crippen molar-refractivity contribution in [3.8, 4) is 0 Å². The first-order chi connectivity index (χ1) is 6.06. The van der Waals surface area contributed by atoms with Crippen molar-refractivity contribution in [2.45, 2.75) is 31.5 Å². The number of aliphatic hydroxyl groups excluding tert-OH is 2. The van der Waals surface area contributed by atoms with Crippen molar-refractivity contribution in [3.05, 3.63) is 0 Å². The third-order valence-electron chi connectivity index (χ3n) is 1.75. The van der Waals surface area contributed by atoms with E-state index in [1.165, 1.54) is 6.92 Å². The van der Waals surface area contributed by atoms with E-state index in [1.807, 2.05) is 0 Å². The summed E-state index contributed by atoms with van der Waals surface area (Å²) in [6.07, 6.45) is -3.80. The summed E-state index contributed by atoms with van der Waals surface area (Å²) < 4.78 is 9.69. The Labute approximate surface area is 83.8 Å². The third kappa shape index (κ3) is 2.40. The molecule has 5 nitrogen and oxygen atoms in total. The zero-order valence-electron chi connectivity index (χ0n) is 7.01. The van der Waals surface area contributed by atoms with Gasteiger partial charge in [-0.3, -0.25) is 4.79 Å². The smallest absolute Gasteiger partial charge is 0.305 e. The van der Waals surface area contributed by atoms with Gasteiger partial charge in [0.2, 0.25) is 6.29 Å². The average molecular weight is 255 g/mol. The second kappa shape index (κ2) is 4.36. The monoisotopic (exact) mass is 254 g/mol. The fourth-order valence-corrected chi connectivity index (χ4v) is 1.64. The van der Waals surface area contributed by atoms with Crippen LogP contribution < -0.4 is 0 Å². The van der Waals surface area contributed by atoms with Crippen LogP contribution in [0.5, 0.6) is 0 Å². The minimum Gasteiger partial charge on any atom is -0.433 e. The molecular weight excluding hydrogens is 244 g/mol. The van der Waals surface area contributed by atoms with Crippen molar-refractivity contribution in [3.63, 3.8) is 0 Å². The van der Waals surface area contributed by atoms with Crippen LogP contribution in [0.4, 0.5) is 0 Å². The van der Waals surface area contributed by atoms with Gasteiger partial charge in [-0.25, -0.2) is 0 Å². The van der Waals surface area contributed by atoms with Gasteiger partial charge < -0.3 is 19.7 Å². The van der Waals surface area contributed by atoms with Crippen LogP contribution in [-0.4, -0.2) is 46.1 Å². The lowest BCUT2D eigenvalue weighted by Gasteiger charge is -2.13. The lowest BCUT2D eigenvalue weighted by Crippen LogP contribution is -2.34. The highest BCUT2D eigenvalue weighted by molar-refractivity contribution is 9.09. The molecule has 2 N–H and O–H groups in total. The number of alkyl halides is 1. The summed E-state index contributed by atoms with van der Waals surface area (Å²) in [7, 11) is 0. The topological polar surface area (TPSA) is 76.0 Å². The third-order valence-corrected chi connectivity index (χ3v) is 2.39. The molecule has 0 aromatic rings. The molecule has 0 aromatic carbocycles.